The highest BCUT2D eigenvalue weighted by Gasteiger charge is 2.28. The SMILES string of the molecule is CC(C)(N)C(=O)N[C@H](COCc1ccccc1)c1nnn(Cc2ccccc2CS(C)(=O)=O)n1. The van der Waals surface area contributed by atoms with Crippen LogP contribution in [0, 0.1) is 0 Å². The van der Waals surface area contributed by atoms with Gasteiger partial charge in [-0.05, 0) is 35.8 Å². The Morgan fingerprint density at radius 3 is 2.41 bits per heavy atom. The molecule has 10 nitrogen and oxygen atoms in total. The van der Waals surface area contributed by atoms with Crippen LogP contribution in [0.4, 0.5) is 0 Å². The van der Waals surface area contributed by atoms with E-state index in [2.05, 4.69) is 20.7 Å². The largest absolute Gasteiger partial charge is 0.374 e. The van der Waals surface area contributed by atoms with Gasteiger partial charge in [0, 0.05) is 6.26 Å². The molecular formula is C23H30N6O4S. The molecule has 0 saturated heterocycles. The van der Waals surface area contributed by atoms with Gasteiger partial charge in [0.2, 0.25) is 5.91 Å². The summed E-state index contributed by atoms with van der Waals surface area (Å²) in [6.07, 6.45) is 1.19. The summed E-state index contributed by atoms with van der Waals surface area (Å²) >= 11 is 0. The third-order valence-electron chi connectivity index (χ3n) is 4.91. The Kier molecular flexibility index (Phi) is 8.13. The second-order valence-electron chi connectivity index (χ2n) is 8.77. The molecule has 0 aliphatic carbocycles. The molecule has 34 heavy (non-hydrogen) atoms. The van der Waals surface area contributed by atoms with Crippen molar-refractivity contribution in [2.24, 2.45) is 5.73 Å². The summed E-state index contributed by atoms with van der Waals surface area (Å²) in [4.78, 5) is 13.9. The molecule has 11 heteroatoms. The van der Waals surface area contributed by atoms with Crippen LogP contribution >= 0.6 is 0 Å². The van der Waals surface area contributed by atoms with Crippen molar-refractivity contribution >= 4 is 15.7 Å². The molecule has 0 bridgehead atoms. The maximum Gasteiger partial charge on any atom is 0.240 e. The van der Waals surface area contributed by atoms with Crippen LogP contribution in [-0.4, -0.2) is 52.9 Å². The van der Waals surface area contributed by atoms with Gasteiger partial charge in [-0.15, -0.1) is 10.2 Å². The number of carbonyl (C=O) groups is 1. The van der Waals surface area contributed by atoms with E-state index in [9.17, 15) is 13.2 Å². The van der Waals surface area contributed by atoms with Crippen molar-refractivity contribution in [1.82, 2.24) is 25.5 Å². The monoisotopic (exact) mass is 486 g/mol. The molecule has 0 spiro atoms. The van der Waals surface area contributed by atoms with E-state index in [1.165, 1.54) is 11.1 Å². The lowest BCUT2D eigenvalue weighted by atomic mass is 10.1. The van der Waals surface area contributed by atoms with Crippen LogP contribution in [-0.2, 0) is 38.3 Å². The summed E-state index contributed by atoms with van der Waals surface area (Å²) in [5, 5.41) is 15.4. The minimum Gasteiger partial charge on any atom is -0.374 e. The fourth-order valence-electron chi connectivity index (χ4n) is 3.14. The maximum atomic E-state index is 12.5. The van der Waals surface area contributed by atoms with Crippen LogP contribution in [0.25, 0.3) is 0 Å². The first kappa shape index (κ1) is 25.5. The highest BCUT2D eigenvalue weighted by Crippen LogP contribution is 2.15. The molecule has 0 saturated carbocycles. The Hall–Kier alpha value is -3.15. The van der Waals surface area contributed by atoms with Gasteiger partial charge >= 0.3 is 0 Å². The molecule has 3 aromatic rings. The van der Waals surface area contributed by atoms with Crippen molar-refractivity contribution in [1.29, 1.82) is 0 Å². The predicted octanol–water partition coefficient (Wildman–Crippen LogP) is 1.38. The zero-order chi connectivity index (χ0) is 24.8. The molecule has 2 aromatic carbocycles. The lowest BCUT2D eigenvalue weighted by Crippen LogP contribution is -2.50. The van der Waals surface area contributed by atoms with E-state index in [-0.39, 0.29) is 30.6 Å². The highest BCUT2D eigenvalue weighted by molar-refractivity contribution is 7.89. The number of amides is 1. The van der Waals surface area contributed by atoms with Crippen molar-refractivity contribution in [3.8, 4) is 0 Å². The minimum absolute atomic E-state index is 0.0810. The van der Waals surface area contributed by atoms with Crippen LogP contribution in [0.5, 0.6) is 0 Å². The normalized spacial score (nSPS) is 12.9. The van der Waals surface area contributed by atoms with E-state index in [4.69, 9.17) is 10.5 Å². The molecule has 0 fully saturated rings. The first-order valence-corrected chi connectivity index (χ1v) is 12.8. The summed E-state index contributed by atoms with van der Waals surface area (Å²) in [7, 11) is -3.20. The third-order valence-corrected chi connectivity index (χ3v) is 5.75. The molecule has 1 atom stereocenters. The van der Waals surface area contributed by atoms with E-state index in [0.717, 1.165) is 11.1 Å². The molecular weight excluding hydrogens is 456 g/mol. The number of benzene rings is 2. The standard InChI is InChI=1S/C23H30N6O4S/c1-23(2,24)22(30)25-20(15-33-14-17-9-5-4-6-10-17)21-26-28-29(27-21)13-18-11-7-8-12-19(18)16-34(3,31)32/h4-12,20H,13-16,24H2,1-3H3,(H,25,30)/t20-/m1/s1. The van der Waals surface area contributed by atoms with Gasteiger partial charge in [0.05, 0.1) is 31.1 Å². The van der Waals surface area contributed by atoms with E-state index in [1.54, 1.807) is 26.0 Å². The van der Waals surface area contributed by atoms with Gasteiger partial charge in [0.25, 0.3) is 0 Å². The Morgan fingerprint density at radius 1 is 1.12 bits per heavy atom. The molecule has 1 aromatic heterocycles. The Morgan fingerprint density at radius 2 is 1.76 bits per heavy atom. The molecule has 3 rings (SSSR count). The molecule has 0 aliphatic rings. The van der Waals surface area contributed by atoms with Crippen LogP contribution in [0.15, 0.2) is 54.6 Å². The number of aromatic nitrogens is 4. The molecule has 0 aliphatic heterocycles. The van der Waals surface area contributed by atoms with Crippen molar-refractivity contribution < 1.29 is 17.9 Å². The highest BCUT2D eigenvalue weighted by atomic mass is 32.2. The van der Waals surface area contributed by atoms with Crippen molar-refractivity contribution in [3.63, 3.8) is 0 Å². The van der Waals surface area contributed by atoms with Crippen molar-refractivity contribution in [2.75, 3.05) is 12.9 Å². The third kappa shape index (κ3) is 7.72. The zero-order valence-corrected chi connectivity index (χ0v) is 20.3. The number of nitrogens with two attached hydrogens (primary N) is 1. The van der Waals surface area contributed by atoms with Crippen LogP contribution < -0.4 is 11.1 Å². The molecule has 0 radical (unpaired) electrons. The average Bonchev–Trinajstić information content (AvgIpc) is 3.22. The minimum atomic E-state index is -3.20. The van der Waals surface area contributed by atoms with Crippen LogP contribution in [0.2, 0.25) is 0 Å². The quantitative estimate of drug-likeness (QED) is 0.414. The van der Waals surface area contributed by atoms with Gasteiger partial charge in [-0.2, -0.15) is 4.80 Å². The van der Waals surface area contributed by atoms with Gasteiger partial charge in [-0.3, -0.25) is 4.79 Å². The fraction of sp³-hybridized carbons (Fsp3) is 0.391. The average molecular weight is 487 g/mol. The fourth-order valence-corrected chi connectivity index (χ4v) is 3.99. The number of sulfone groups is 1. The number of hydrogen-bond acceptors (Lipinski definition) is 8. The smallest absolute Gasteiger partial charge is 0.240 e. The van der Waals surface area contributed by atoms with Gasteiger partial charge < -0.3 is 15.8 Å². The number of hydrogen-bond donors (Lipinski definition) is 2. The van der Waals surface area contributed by atoms with Crippen molar-refractivity contribution in [3.05, 3.63) is 77.1 Å². The summed E-state index contributed by atoms with van der Waals surface area (Å²) < 4.78 is 29.4. The lowest BCUT2D eigenvalue weighted by Gasteiger charge is -2.22. The number of nitrogens with zero attached hydrogens (tertiary/aromatic N) is 4. The Bertz CT molecular complexity index is 1210. The topological polar surface area (TPSA) is 142 Å². The van der Waals surface area contributed by atoms with E-state index < -0.39 is 21.4 Å². The zero-order valence-electron chi connectivity index (χ0n) is 19.5. The van der Waals surface area contributed by atoms with Gasteiger partial charge in [-0.25, -0.2) is 8.42 Å². The molecule has 0 unspecified atom stereocenters. The maximum absolute atomic E-state index is 12.5. The Balaban J connectivity index is 1.76. The number of rotatable bonds is 11. The number of nitrogens with one attached hydrogen (secondary N) is 1. The van der Waals surface area contributed by atoms with E-state index in [0.29, 0.717) is 12.2 Å². The van der Waals surface area contributed by atoms with Crippen molar-refractivity contribution in [2.45, 2.75) is 44.3 Å². The summed E-state index contributed by atoms with van der Waals surface area (Å²) in [5.41, 5.74) is 7.26. The summed E-state index contributed by atoms with van der Waals surface area (Å²) in [6, 6.07) is 16.2. The second kappa shape index (κ2) is 10.9. The van der Waals surface area contributed by atoms with Gasteiger partial charge in [0.15, 0.2) is 15.7 Å². The number of tetrazole rings is 1. The van der Waals surface area contributed by atoms with E-state index in [1.807, 2.05) is 42.5 Å². The lowest BCUT2D eigenvalue weighted by molar-refractivity contribution is -0.126. The first-order chi connectivity index (χ1) is 16.0. The molecule has 3 N–H and O–H groups in total. The van der Waals surface area contributed by atoms with E-state index >= 15 is 0 Å². The first-order valence-electron chi connectivity index (χ1n) is 10.7. The molecule has 182 valence electrons. The predicted molar refractivity (Wildman–Crippen MR) is 127 cm³/mol. The number of carbonyl (C=O) groups excluding carboxylic acids is 1. The van der Waals surface area contributed by atoms with Crippen LogP contribution in [0.3, 0.4) is 0 Å². The number of ether oxygens (including phenoxy) is 1. The summed E-state index contributed by atoms with van der Waals surface area (Å²) in [6.45, 7) is 3.91. The van der Waals surface area contributed by atoms with Gasteiger partial charge in [-0.1, -0.05) is 54.6 Å². The summed E-state index contributed by atoms with van der Waals surface area (Å²) in [5.74, 6) is -0.190. The molecule has 1 amide bonds. The van der Waals surface area contributed by atoms with Crippen LogP contribution in [0.1, 0.15) is 42.4 Å². The van der Waals surface area contributed by atoms with Gasteiger partial charge in [0.1, 0.15) is 6.04 Å². The Labute approximate surface area is 199 Å². The molecule has 1 heterocycles. The second-order valence-corrected chi connectivity index (χ2v) is 10.9.